The van der Waals surface area contributed by atoms with Crippen LogP contribution in [0.25, 0.3) is 0 Å². The second-order valence-electron chi connectivity index (χ2n) is 30.1. The van der Waals surface area contributed by atoms with Gasteiger partial charge in [0, 0.05) is 25.7 Å². The Labute approximate surface area is 624 Å². The molecule has 0 aromatic heterocycles. The number of phosphoric ester groups is 2. The molecular formula is C83H158O17P2. The van der Waals surface area contributed by atoms with Crippen molar-refractivity contribution in [3.05, 3.63) is 24.3 Å². The van der Waals surface area contributed by atoms with Crippen LogP contribution in [0.4, 0.5) is 0 Å². The van der Waals surface area contributed by atoms with Gasteiger partial charge in [-0.1, -0.05) is 361 Å². The molecule has 0 aliphatic rings. The van der Waals surface area contributed by atoms with Crippen LogP contribution < -0.4 is 0 Å². The Kier molecular flexibility index (Phi) is 72.2. The molecule has 0 fully saturated rings. The number of aliphatic hydroxyl groups is 1. The zero-order chi connectivity index (χ0) is 74.9. The van der Waals surface area contributed by atoms with Crippen molar-refractivity contribution in [2.24, 2.45) is 11.8 Å². The second kappa shape index (κ2) is 74.0. The summed E-state index contributed by atoms with van der Waals surface area (Å²) in [5.74, 6) is -0.535. The van der Waals surface area contributed by atoms with Gasteiger partial charge in [-0.05, 0) is 63.2 Å². The fraction of sp³-hybridized carbons (Fsp3) is 0.904. The maximum absolute atomic E-state index is 13.1. The van der Waals surface area contributed by atoms with Crippen LogP contribution in [-0.2, 0) is 65.4 Å². The normalized spacial score (nSPS) is 14.0. The highest BCUT2D eigenvalue weighted by molar-refractivity contribution is 7.47. The summed E-state index contributed by atoms with van der Waals surface area (Å²) in [4.78, 5) is 73.1. The smallest absolute Gasteiger partial charge is 0.462 e. The molecule has 0 saturated heterocycles. The molecule has 0 heterocycles. The topological polar surface area (TPSA) is 237 Å². The van der Waals surface area contributed by atoms with E-state index in [1.165, 1.54) is 218 Å². The standard InChI is InChI=1S/C83H158O17P2/c1-7-9-11-13-15-17-19-21-23-31-37-43-49-55-61-67-82(87)99-78(71-93-80(85)65-59-53-47-41-35-20-18-16-14-12-10-8-2)73-97-101(89,90)95-69-77(84)70-96-102(91,92)98-74-79(72-94-81(86)66-60-54-48-42-36-30-27-26-29-34-40-46-52-58-64-76(5)6)100-83(88)68-62-56-50-44-38-32-25-22-24-28-33-39-45-51-57-63-75(3)4/h17,19,21,23,75-79,84H,7-16,18,20,22,24-74H2,1-6H3,(H,89,90)(H,91,92)/b19-17-,23-21-/t77-,78+,79+/m0/s1. The van der Waals surface area contributed by atoms with Gasteiger partial charge in [0.25, 0.3) is 0 Å². The maximum Gasteiger partial charge on any atom is 0.472 e. The molecule has 0 spiro atoms. The molecular weight excluding hydrogens is 1330 g/mol. The fourth-order valence-corrected chi connectivity index (χ4v) is 13.9. The molecule has 0 rings (SSSR count). The van der Waals surface area contributed by atoms with Crippen molar-refractivity contribution in [1.29, 1.82) is 0 Å². The number of carbonyl (C=O) groups is 4. The zero-order valence-electron chi connectivity index (χ0n) is 66.4. The van der Waals surface area contributed by atoms with Gasteiger partial charge in [0.1, 0.15) is 19.3 Å². The van der Waals surface area contributed by atoms with Crippen LogP contribution in [-0.4, -0.2) is 96.7 Å². The number of phosphoric acid groups is 2. The highest BCUT2D eigenvalue weighted by atomic mass is 31.2. The molecule has 602 valence electrons. The molecule has 0 aliphatic heterocycles. The largest absolute Gasteiger partial charge is 0.472 e. The van der Waals surface area contributed by atoms with Crippen molar-refractivity contribution < 1.29 is 80.2 Å². The van der Waals surface area contributed by atoms with Gasteiger partial charge in [-0.25, -0.2) is 9.13 Å². The van der Waals surface area contributed by atoms with Gasteiger partial charge in [0.05, 0.1) is 26.4 Å². The summed E-state index contributed by atoms with van der Waals surface area (Å²) >= 11 is 0. The number of allylic oxidation sites excluding steroid dienone is 4. The Balaban J connectivity index is 5.29. The average Bonchev–Trinajstić information content (AvgIpc) is 0.920. The van der Waals surface area contributed by atoms with E-state index in [-0.39, 0.29) is 25.7 Å². The van der Waals surface area contributed by atoms with E-state index in [4.69, 9.17) is 37.0 Å². The van der Waals surface area contributed by atoms with E-state index in [0.717, 1.165) is 115 Å². The first-order valence-corrected chi connectivity index (χ1v) is 45.3. The van der Waals surface area contributed by atoms with Crippen LogP contribution in [0.3, 0.4) is 0 Å². The van der Waals surface area contributed by atoms with Crippen LogP contribution in [0, 0.1) is 11.8 Å². The van der Waals surface area contributed by atoms with E-state index in [9.17, 15) is 43.2 Å². The number of aliphatic hydroxyl groups excluding tert-OH is 1. The van der Waals surface area contributed by atoms with E-state index >= 15 is 0 Å². The van der Waals surface area contributed by atoms with E-state index in [1.54, 1.807) is 0 Å². The molecule has 0 radical (unpaired) electrons. The Bertz CT molecular complexity index is 2050. The van der Waals surface area contributed by atoms with E-state index in [0.29, 0.717) is 25.7 Å². The molecule has 19 heteroatoms. The van der Waals surface area contributed by atoms with Crippen LogP contribution in [0.2, 0.25) is 0 Å². The Morgan fingerprint density at radius 2 is 0.529 bits per heavy atom. The molecule has 17 nitrogen and oxygen atoms in total. The summed E-state index contributed by atoms with van der Waals surface area (Å²) in [6.07, 6.45) is 67.3. The molecule has 2 unspecified atom stereocenters. The van der Waals surface area contributed by atoms with Gasteiger partial charge >= 0.3 is 39.5 Å². The maximum atomic E-state index is 13.1. The third kappa shape index (κ3) is 75.8. The van der Waals surface area contributed by atoms with Crippen LogP contribution in [0.5, 0.6) is 0 Å². The molecule has 102 heavy (non-hydrogen) atoms. The van der Waals surface area contributed by atoms with Gasteiger partial charge in [0.15, 0.2) is 12.2 Å². The van der Waals surface area contributed by atoms with Gasteiger partial charge in [-0.3, -0.25) is 37.3 Å². The Morgan fingerprint density at radius 1 is 0.304 bits per heavy atom. The second-order valence-corrected chi connectivity index (χ2v) is 33.0. The molecule has 5 atom stereocenters. The van der Waals surface area contributed by atoms with Gasteiger partial charge in [0.2, 0.25) is 0 Å². The predicted octanol–water partition coefficient (Wildman–Crippen LogP) is 24.6. The predicted molar refractivity (Wildman–Crippen MR) is 418 cm³/mol. The van der Waals surface area contributed by atoms with Crippen molar-refractivity contribution in [2.45, 2.75) is 432 Å². The third-order valence-corrected chi connectivity index (χ3v) is 20.7. The number of carbonyl (C=O) groups excluding carboxylic acids is 4. The summed E-state index contributed by atoms with van der Waals surface area (Å²) in [6, 6.07) is 0. The Morgan fingerprint density at radius 3 is 0.804 bits per heavy atom. The fourth-order valence-electron chi connectivity index (χ4n) is 12.3. The van der Waals surface area contributed by atoms with Crippen molar-refractivity contribution in [2.75, 3.05) is 39.6 Å². The number of hydrogen-bond acceptors (Lipinski definition) is 15. The van der Waals surface area contributed by atoms with Crippen molar-refractivity contribution in [3.63, 3.8) is 0 Å². The minimum absolute atomic E-state index is 0.0855. The van der Waals surface area contributed by atoms with Gasteiger partial charge in [-0.15, -0.1) is 0 Å². The lowest BCUT2D eigenvalue weighted by Crippen LogP contribution is -2.30. The lowest BCUT2D eigenvalue weighted by Gasteiger charge is -2.21. The molecule has 0 saturated carbocycles. The quantitative estimate of drug-likeness (QED) is 0.0169. The SMILES string of the molecule is CCCCCC/C=C\C=C/CCCCCCCC(=O)O[C@H](COC(=O)CCCCCCCCCCCCCC)COP(=O)(O)OC[C@H](O)COP(=O)(O)OC[C@@H](COC(=O)CCCCCCCCCCCCCCCCC(C)C)OC(=O)CCCCCCCCCCCCCCCCCC(C)C. The minimum atomic E-state index is -4.97. The summed E-state index contributed by atoms with van der Waals surface area (Å²) in [5.41, 5.74) is 0. The van der Waals surface area contributed by atoms with Crippen LogP contribution in [0.1, 0.15) is 414 Å². The van der Waals surface area contributed by atoms with E-state index < -0.39 is 97.5 Å². The van der Waals surface area contributed by atoms with Gasteiger partial charge < -0.3 is 33.8 Å². The lowest BCUT2D eigenvalue weighted by molar-refractivity contribution is -0.161. The first-order valence-electron chi connectivity index (χ1n) is 42.3. The molecule has 0 aliphatic carbocycles. The van der Waals surface area contributed by atoms with E-state index in [2.05, 4.69) is 65.8 Å². The summed E-state index contributed by atoms with van der Waals surface area (Å²) < 4.78 is 68.8. The van der Waals surface area contributed by atoms with Crippen molar-refractivity contribution in [1.82, 2.24) is 0 Å². The van der Waals surface area contributed by atoms with Gasteiger partial charge in [-0.2, -0.15) is 0 Å². The highest BCUT2D eigenvalue weighted by Crippen LogP contribution is 2.45. The van der Waals surface area contributed by atoms with Crippen LogP contribution in [0.15, 0.2) is 24.3 Å². The van der Waals surface area contributed by atoms with Crippen molar-refractivity contribution >= 4 is 39.5 Å². The monoisotopic (exact) mass is 1490 g/mol. The Hall–Kier alpha value is -2.46. The molecule has 0 amide bonds. The number of ether oxygens (including phenoxy) is 4. The van der Waals surface area contributed by atoms with E-state index in [1.807, 2.05) is 0 Å². The first-order chi connectivity index (χ1) is 49.4. The molecule has 0 aromatic rings. The number of unbranched alkanes of at least 4 members (excludes halogenated alkanes) is 47. The highest BCUT2D eigenvalue weighted by Gasteiger charge is 2.30. The molecule has 0 aromatic carbocycles. The zero-order valence-corrected chi connectivity index (χ0v) is 68.2. The average molecular weight is 1490 g/mol. The number of rotatable bonds is 80. The molecule has 3 N–H and O–H groups in total. The third-order valence-electron chi connectivity index (χ3n) is 18.8. The first kappa shape index (κ1) is 99.5. The lowest BCUT2D eigenvalue weighted by atomic mass is 10.0. The summed E-state index contributed by atoms with van der Waals surface area (Å²) in [7, 11) is -9.94. The summed E-state index contributed by atoms with van der Waals surface area (Å²) in [5, 5.41) is 10.7. The molecule has 0 bridgehead atoms. The number of hydrogen-bond donors (Lipinski definition) is 3. The minimum Gasteiger partial charge on any atom is -0.462 e. The van der Waals surface area contributed by atoms with Crippen LogP contribution >= 0.6 is 15.6 Å². The van der Waals surface area contributed by atoms with Crippen molar-refractivity contribution in [3.8, 4) is 0 Å². The number of esters is 4. The summed E-state index contributed by atoms with van der Waals surface area (Å²) in [6.45, 7) is 9.63.